The van der Waals surface area contributed by atoms with Crippen LogP contribution in [0.3, 0.4) is 0 Å². The lowest BCUT2D eigenvalue weighted by atomic mass is 10.3. The third-order valence-electron chi connectivity index (χ3n) is 0.937. The Balaban J connectivity index is 2.64. The molecular formula is C4H5NO2S. The molecule has 1 heterocycles. The predicted molar refractivity (Wildman–Crippen MR) is 30.5 cm³/mol. The molecule has 1 fully saturated rings. The summed E-state index contributed by atoms with van der Waals surface area (Å²) >= 11 is 3.77. The van der Waals surface area contributed by atoms with Crippen LogP contribution in [-0.4, -0.2) is 17.1 Å². The Kier molecular flexibility index (Phi) is 1.25. The number of ketones is 1. The molecule has 8 heavy (non-hydrogen) atoms. The van der Waals surface area contributed by atoms with Gasteiger partial charge < -0.3 is 5.32 Å². The SMILES string of the molecule is O=C1CC(=O)C(S)N1. The third kappa shape index (κ3) is 0.838. The van der Waals surface area contributed by atoms with E-state index in [0.29, 0.717) is 0 Å². The van der Waals surface area contributed by atoms with Gasteiger partial charge in [-0.05, 0) is 0 Å². The molecule has 0 radical (unpaired) electrons. The zero-order valence-corrected chi connectivity index (χ0v) is 4.94. The van der Waals surface area contributed by atoms with Gasteiger partial charge >= 0.3 is 0 Å². The van der Waals surface area contributed by atoms with Crippen molar-refractivity contribution in [3.63, 3.8) is 0 Å². The van der Waals surface area contributed by atoms with Gasteiger partial charge in [0.1, 0.15) is 5.37 Å². The highest BCUT2D eigenvalue weighted by Crippen LogP contribution is 2.03. The highest BCUT2D eigenvalue weighted by Gasteiger charge is 2.26. The fraction of sp³-hybridized carbons (Fsp3) is 0.500. The van der Waals surface area contributed by atoms with Gasteiger partial charge in [-0.25, -0.2) is 0 Å². The van der Waals surface area contributed by atoms with E-state index in [1.807, 2.05) is 0 Å². The third-order valence-corrected chi connectivity index (χ3v) is 1.35. The summed E-state index contributed by atoms with van der Waals surface area (Å²) in [6.07, 6.45) is -0.00579. The second-order valence-corrected chi connectivity index (χ2v) is 2.13. The molecule has 1 rings (SSSR count). The molecule has 1 aliphatic heterocycles. The first kappa shape index (κ1) is 5.62. The van der Waals surface area contributed by atoms with Gasteiger partial charge in [-0.2, -0.15) is 0 Å². The van der Waals surface area contributed by atoms with E-state index in [1.54, 1.807) is 0 Å². The van der Waals surface area contributed by atoms with Crippen molar-refractivity contribution in [1.29, 1.82) is 0 Å². The minimum Gasteiger partial charge on any atom is -0.337 e. The lowest BCUT2D eigenvalue weighted by Gasteiger charge is -1.93. The molecule has 44 valence electrons. The number of thiol groups is 1. The van der Waals surface area contributed by atoms with Crippen molar-refractivity contribution in [3.05, 3.63) is 0 Å². The monoisotopic (exact) mass is 131 g/mol. The summed E-state index contributed by atoms with van der Waals surface area (Å²) in [6, 6.07) is 0. The molecular weight excluding hydrogens is 126 g/mol. The van der Waals surface area contributed by atoms with Gasteiger partial charge in [0.25, 0.3) is 0 Å². The van der Waals surface area contributed by atoms with E-state index in [1.165, 1.54) is 0 Å². The smallest absolute Gasteiger partial charge is 0.228 e. The van der Waals surface area contributed by atoms with Crippen LogP contribution in [0.5, 0.6) is 0 Å². The van der Waals surface area contributed by atoms with E-state index in [-0.39, 0.29) is 18.1 Å². The maximum atomic E-state index is 10.4. The second-order valence-electron chi connectivity index (χ2n) is 1.61. The molecule has 0 aliphatic carbocycles. The van der Waals surface area contributed by atoms with Crippen LogP contribution in [0.1, 0.15) is 6.42 Å². The summed E-state index contributed by atoms with van der Waals surface area (Å²) in [4.78, 5) is 20.7. The zero-order valence-electron chi connectivity index (χ0n) is 4.05. The standard InChI is InChI=1S/C4H5NO2S/c6-2-1-3(7)5-4(2)8/h4,8H,1H2,(H,5,7). The fourth-order valence-corrected chi connectivity index (χ4v) is 0.774. The van der Waals surface area contributed by atoms with Gasteiger partial charge in [0.15, 0.2) is 5.78 Å². The summed E-state index contributed by atoms with van der Waals surface area (Å²) in [5.41, 5.74) is 0. The van der Waals surface area contributed by atoms with E-state index < -0.39 is 5.37 Å². The average molecular weight is 131 g/mol. The average Bonchev–Trinajstić information content (AvgIpc) is 1.85. The molecule has 0 spiro atoms. The molecule has 0 aromatic heterocycles. The molecule has 0 aromatic rings. The van der Waals surface area contributed by atoms with Gasteiger partial charge in [-0.3, -0.25) is 9.59 Å². The Morgan fingerprint density at radius 2 is 2.25 bits per heavy atom. The molecule has 1 aliphatic rings. The Labute approximate surface area is 51.9 Å². The van der Waals surface area contributed by atoms with Gasteiger partial charge in [0.2, 0.25) is 5.91 Å². The van der Waals surface area contributed by atoms with Crippen LogP contribution in [0.2, 0.25) is 0 Å². The van der Waals surface area contributed by atoms with Crippen LogP contribution in [0.25, 0.3) is 0 Å². The maximum absolute atomic E-state index is 10.4. The van der Waals surface area contributed by atoms with Crippen LogP contribution in [-0.2, 0) is 9.59 Å². The number of hydrogen-bond donors (Lipinski definition) is 2. The summed E-state index contributed by atoms with van der Waals surface area (Å²) in [7, 11) is 0. The lowest BCUT2D eigenvalue weighted by molar-refractivity contribution is -0.122. The van der Waals surface area contributed by atoms with E-state index in [9.17, 15) is 9.59 Å². The minimum atomic E-state index is -0.553. The predicted octanol–water partition coefficient (Wildman–Crippen LogP) is -0.669. The van der Waals surface area contributed by atoms with Crippen LogP contribution < -0.4 is 5.32 Å². The minimum absolute atomic E-state index is 0.00579. The van der Waals surface area contributed by atoms with Crippen molar-refractivity contribution in [1.82, 2.24) is 5.32 Å². The largest absolute Gasteiger partial charge is 0.337 e. The van der Waals surface area contributed by atoms with Crippen LogP contribution in [0, 0.1) is 0 Å². The van der Waals surface area contributed by atoms with Crippen molar-refractivity contribution in [2.24, 2.45) is 0 Å². The molecule has 0 saturated carbocycles. The van der Waals surface area contributed by atoms with Crippen molar-refractivity contribution >= 4 is 24.3 Å². The molecule has 3 nitrogen and oxygen atoms in total. The number of rotatable bonds is 0. The molecule has 0 bridgehead atoms. The first-order chi connectivity index (χ1) is 3.70. The molecule has 4 heteroatoms. The first-order valence-electron chi connectivity index (χ1n) is 2.20. The zero-order chi connectivity index (χ0) is 6.15. The van der Waals surface area contributed by atoms with Crippen LogP contribution >= 0.6 is 12.6 Å². The normalized spacial score (nSPS) is 28.4. The number of carbonyl (C=O) groups excluding carboxylic acids is 2. The Hall–Kier alpha value is -0.510. The number of amides is 1. The molecule has 0 aromatic carbocycles. The fourth-order valence-electron chi connectivity index (χ4n) is 0.539. The number of carbonyl (C=O) groups is 2. The number of Topliss-reactive ketones (excluding diaryl/α,β-unsaturated/α-hetero) is 1. The van der Waals surface area contributed by atoms with Gasteiger partial charge in [0.05, 0.1) is 6.42 Å². The first-order valence-corrected chi connectivity index (χ1v) is 2.72. The molecule has 1 amide bonds. The van der Waals surface area contributed by atoms with Crippen LogP contribution in [0.15, 0.2) is 0 Å². The van der Waals surface area contributed by atoms with Gasteiger partial charge in [-0.15, -0.1) is 12.6 Å². The maximum Gasteiger partial charge on any atom is 0.228 e. The summed E-state index contributed by atoms with van der Waals surface area (Å²) in [6.45, 7) is 0. The summed E-state index contributed by atoms with van der Waals surface area (Å²) in [5, 5.41) is 1.79. The molecule has 1 unspecified atom stereocenters. The van der Waals surface area contributed by atoms with Crippen molar-refractivity contribution in [2.75, 3.05) is 0 Å². The van der Waals surface area contributed by atoms with E-state index in [2.05, 4.69) is 17.9 Å². The Bertz CT molecular complexity index is 145. The topological polar surface area (TPSA) is 46.2 Å². The Morgan fingerprint density at radius 3 is 2.38 bits per heavy atom. The van der Waals surface area contributed by atoms with Crippen molar-refractivity contribution in [3.8, 4) is 0 Å². The van der Waals surface area contributed by atoms with Crippen LogP contribution in [0.4, 0.5) is 0 Å². The lowest BCUT2D eigenvalue weighted by Crippen LogP contribution is -2.22. The molecule has 1 N–H and O–H groups in total. The van der Waals surface area contributed by atoms with E-state index in [4.69, 9.17) is 0 Å². The van der Waals surface area contributed by atoms with Gasteiger partial charge in [0, 0.05) is 0 Å². The van der Waals surface area contributed by atoms with Crippen molar-refractivity contribution < 1.29 is 9.59 Å². The van der Waals surface area contributed by atoms with Crippen molar-refractivity contribution in [2.45, 2.75) is 11.8 Å². The van der Waals surface area contributed by atoms with E-state index in [0.717, 1.165) is 0 Å². The second kappa shape index (κ2) is 1.78. The number of nitrogens with one attached hydrogen (secondary N) is 1. The summed E-state index contributed by atoms with van der Waals surface area (Å²) < 4.78 is 0. The van der Waals surface area contributed by atoms with Gasteiger partial charge in [-0.1, -0.05) is 0 Å². The highest BCUT2D eigenvalue weighted by molar-refractivity contribution is 7.81. The molecule has 1 saturated heterocycles. The highest BCUT2D eigenvalue weighted by atomic mass is 32.1. The molecule has 1 atom stereocenters. The summed E-state index contributed by atoms with van der Waals surface area (Å²) in [5.74, 6) is -0.367. The van der Waals surface area contributed by atoms with E-state index >= 15 is 0 Å². The number of hydrogen-bond acceptors (Lipinski definition) is 3. The Morgan fingerprint density at radius 1 is 1.62 bits per heavy atom. The quantitative estimate of drug-likeness (QED) is 0.338.